The Morgan fingerprint density at radius 1 is 1.10 bits per heavy atom. The summed E-state index contributed by atoms with van der Waals surface area (Å²) in [6, 6.07) is 14.0. The second-order valence-electron chi connectivity index (χ2n) is 6.81. The van der Waals surface area contributed by atoms with Crippen LogP contribution in [-0.4, -0.2) is 62.5 Å². The van der Waals surface area contributed by atoms with E-state index in [1.165, 1.54) is 10.5 Å². The average molecular weight is 435 g/mol. The fraction of sp³-hybridized carbons (Fsp3) is 0.300. The van der Waals surface area contributed by atoms with Gasteiger partial charge in [-0.05, 0) is 25.1 Å². The van der Waals surface area contributed by atoms with E-state index in [1.807, 2.05) is 24.0 Å². The minimum Gasteiger partial charge on any atom is -0.292 e. The Bertz CT molecular complexity index is 985. The van der Waals surface area contributed by atoms with E-state index < -0.39 is 10.0 Å². The van der Waals surface area contributed by atoms with Crippen molar-refractivity contribution in [1.82, 2.24) is 14.6 Å². The van der Waals surface area contributed by atoms with Crippen LogP contribution >= 0.6 is 11.6 Å². The van der Waals surface area contributed by atoms with E-state index in [0.717, 1.165) is 5.56 Å². The van der Waals surface area contributed by atoms with Gasteiger partial charge in [-0.2, -0.15) is 9.41 Å². The molecule has 1 heterocycles. The lowest BCUT2D eigenvalue weighted by Crippen LogP contribution is -2.50. The Labute approximate surface area is 176 Å². The molecule has 1 aliphatic heterocycles. The number of piperazine rings is 1. The molecule has 0 bridgehead atoms. The molecule has 2 aromatic rings. The molecular weight excluding hydrogens is 412 g/mol. The average Bonchev–Trinajstić information content (AvgIpc) is 2.70. The molecule has 0 aliphatic carbocycles. The highest BCUT2D eigenvalue weighted by Crippen LogP contribution is 2.18. The Balaban J connectivity index is 1.48. The summed E-state index contributed by atoms with van der Waals surface area (Å²) in [5.41, 5.74) is 4.20. The van der Waals surface area contributed by atoms with Crippen molar-refractivity contribution in [3.05, 3.63) is 64.7 Å². The monoisotopic (exact) mass is 434 g/mol. The summed E-state index contributed by atoms with van der Waals surface area (Å²) in [4.78, 5) is 14.3. The number of nitrogens with zero attached hydrogens (tertiary/aromatic N) is 3. The quantitative estimate of drug-likeness (QED) is 0.557. The maximum atomic E-state index is 12.7. The molecule has 3 rings (SSSR count). The number of aryl methyl sites for hydroxylation is 1. The standard InChI is InChI=1S/C20H23ClN4O3S/c1-16-6-8-18(9-7-16)29(27,28)25-12-10-24(11-13-25)15-20(26)23-22-14-17-4-2-3-5-19(17)21/h2-9,14H,10-13,15H2,1H3,(H,23,26). The predicted molar refractivity (Wildman–Crippen MR) is 114 cm³/mol. The van der Waals surface area contributed by atoms with Crippen LogP contribution in [0.5, 0.6) is 0 Å². The molecule has 1 saturated heterocycles. The lowest BCUT2D eigenvalue weighted by Gasteiger charge is -2.33. The zero-order valence-electron chi connectivity index (χ0n) is 16.1. The fourth-order valence-corrected chi connectivity index (χ4v) is 4.59. The highest BCUT2D eigenvalue weighted by atomic mass is 35.5. The maximum absolute atomic E-state index is 12.7. The van der Waals surface area contributed by atoms with E-state index in [4.69, 9.17) is 11.6 Å². The summed E-state index contributed by atoms with van der Waals surface area (Å²) in [5, 5.41) is 4.48. The van der Waals surface area contributed by atoms with E-state index in [0.29, 0.717) is 41.7 Å². The van der Waals surface area contributed by atoms with Crippen LogP contribution in [0, 0.1) is 6.92 Å². The van der Waals surface area contributed by atoms with Crippen molar-refractivity contribution < 1.29 is 13.2 Å². The number of sulfonamides is 1. The van der Waals surface area contributed by atoms with Gasteiger partial charge in [0.05, 0.1) is 17.7 Å². The summed E-state index contributed by atoms with van der Waals surface area (Å²) in [7, 11) is -3.51. The predicted octanol–water partition coefficient (Wildman–Crippen LogP) is 2.11. The number of amides is 1. The van der Waals surface area contributed by atoms with Crippen molar-refractivity contribution in [3.63, 3.8) is 0 Å². The van der Waals surface area contributed by atoms with Crippen LogP contribution in [0.3, 0.4) is 0 Å². The minimum absolute atomic E-state index is 0.151. The summed E-state index contributed by atoms with van der Waals surface area (Å²) in [5.74, 6) is -0.261. The Hall–Kier alpha value is -2.26. The van der Waals surface area contributed by atoms with Gasteiger partial charge in [0.25, 0.3) is 5.91 Å². The topological polar surface area (TPSA) is 82.1 Å². The van der Waals surface area contributed by atoms with Gasteiger partial charge >= 0.3 is 0 Å². The van der Waals surface area contributed by atoms with Gasteiger partial charge in [0, 0.05) is 36.8 Å². The van der Waals surface area contributed by atoms with Crippen LogP contribution in [0.1, 0.15) is 11.1 Å². The Morgan fingerprint density at radius 3 is 2.41 bits per heavy atom. The van der Waals surface area contributed by atoms with Crippen LogP contribution in [0.15, 0.2) is 58.5 Å². The number of carbonyl (C=O) groups is 1. The van der Waals surface area contributed by atoms with Crippen LogP contribution in [-0.2, 0) is 14.8 Å². The number of hydrazone groups is 1. The number of benzene rings is 2. The molecule has 0 spiro atoms. The number of nitrogens with one attached hydrogen (secondary N) is 1. The molecule has 29 heavy (non-hydrogen) atoms. The van der Waals surface area contributed by atoms with Gasteiger partial charge in [-0.25, -0.2) is 13.8 Å². The van der Waals surface area contributed by atoms with Crippen molar-refractivity contribution in [2.75, 3.05) is 32.7 Å². The van der Waals surface area contributed by atoms with Crippen LogP contribution in [0.2, 0.25) is 5.02 Å². The SMILES string of the molecule is Cc1ccc(S(=O)(=O)N2CCN(CC(=O)NN=Cc3ccccc3Cl)CC2)cc1. The number of halogens is 1. The summed E-state index contributed by atoms with van der Waals surface area (Å²) in [6.45, 7) is 3.70. The third-order valence-electron chi connectivity index (χ3n) is 4.66. The molecule has 0 atom stereocenters. The number of rotatable bonds is 6. The zero-order chi connectivity index (χ0) is 20.9. The van der Waals surface area contributed by atoms with E-state index in [1.54, 1.807) is 36.4 Å². The van der Waals surface area contributed by atoms with E-state index >= 15 is 0 Å². The third kappa shape index (κ3) is 5.63. The molecule has 2 aromatic carbocycles. The van der Waals surface area contributed by atoms with Gasteiger partial charge in [0.15, 0.2) is 0 Å². The van der Waals surface area contributed by atoms with E-state index in [9.17, 15) is 13.2 Å². The molecule has 9 heteroatoms. The Kier molecular flexibility index (Phi) is 7.02. The van der Waals surface area contributed by atoms with Crippen LogP contribution in [0.4, 0.5) is 0 Å². The second-order valence-corrected chi connectivity index (χ2v) is 9.15. The van der Waals surface area contributed by atoms with Crippen molar-refractivity contribution in [1.29, 1.82) is 0 Å². The molecule has 1 aliphatic rings. The molecule has 154 valence electrons. The summed E-state index contributed by atoms with van der Waals surface area (Å²) >= 11 is 6.03. The first-order valence-electron chi connectivity index (χ1n) is 9.22. The lowest BCUT2D eigenvalue weighted by atomic mass is 10.2. The highest BCUT2D eigenvalue weighted by Gasteiger charge is 2.28. The van der Waals surface area contributed by atoms with Gasteiger partial charge in [0.1, 0.15) is 0 Å². The van der Waals surface area contributed by atoms with Crippen molar-refractivity contribution in [2.24, 2.45) is 5.10 Å². The third-order valence-corrected chi connectivity index (χ3v) is 6.91. The number of hydrogen-bond donors (Lipinski definition) is 1. The van der Waals surface area contributed by atoms with Gasteiger partial charge in [-0.15, -0.1) is 0 Å². The summed E-state index contributed by atoms with van der Waals surface area (Å²) in [6.07, 6.45) is 1.49. The molecule has 0 saturated carbocycles. The van der Waals surface area contributed by atoms with Crippen LogP contribution in [0.25, 0.3) is 0 Å². The maximum Gasteiger partial charge on any atom is 0.254 e. The van der Waals surface area contributed by atoms with Crippen LogP contribution < -0.4 is 5.43 Å². The first-order valence-corrected chi connectivity index (χ1v) is 11.0. The Morgan fingerprint density at radius 2 is 1.76 bits per heavy atom. The van der Waals surface area contributed by atoms with E-state index in [2.05, 4.69) is 10.5 Å². The van der Waals surface area contributed by atoms with Gasteiger partial charge in [-0.1, -0.05) is 47.5 Å². The molecule has 1 fully saturated rings. The second kappa shape index (κ2) is 9.49. The zero-order valence-corrected chi connectivity index (χ0v) is 17.7. The normalized spacial score (nSPS) is 16.2. The lowest BCUT2D eigenvalue weighted by molar-refractivity contribution is -0.122. The van der Waals surface area contributed by atoms with Crippen molar-refractivity contribution in [3.8, 4) is 0 Å². The molecule has 0 aromatic heterocycles. The van der Waals surface area contributed by atoms with Gasteiger partial charge < -0.3 is 0 Å². The van der Waals surface area contributed by atoms with Crippen molar-refractivity contribution in [2.45, 2.75) is 11.8 Å². The largest absolute Gasteiger partial charge is 0.292 e. The number of carbonyl (C=O) groups excluding carboxylic acids is 1. The molecule has 7 nitrogen and oxygen atoms in total. The smallest absolute Gasteiger partial charge is 0.254 e. The highest BCUT2D eigenvalue weighted by molar-refractivity contribution is 7.89. The number of hydrogen-bond acceptors (Lipinski definition) is 5. The first kappa shape index (κ1) is 21.4. The van der Waals surface area contributed by atoms with Gasteiger partial charge in [0.2, 0.25) is 10.0 Å². The fourth-order valence-electron chi connectivity index (χ4n) is 2.98. The van der Waals surface area contributed by atoms with E-state index in [-0.39, 0.29) is 12.5 Å². The molecular formula is C20H23ClN4O3S. The molecule has 0 radical (unpaired) electrons. The molecule has 0 unspecified atom stereocenters. The minimum atomic E-state index is -3.51. The first-order chi connectivity index (χ1) is 13.9. The molecule has 1 amide bonds. The van der Waals surface area contributed by atoms with Crippen molar-refractivity contribution >= 4 is 33.7 Å². The van der Waals surface area contributed by atoms with Gasteiger partial charge in [-0.3, -0.25) is 9.69 Å². The summed E-state index contributed by atoms with van der Waals surface area (Å²) < 4.78 is 26.9. The molecule has 1 N–H and O–H groups in total.